The molecule has 1 N–H and O–H groups in total. The topological polar surface area (TPSA) is 29.1 Å². The Morgan fingerprint density at radius 2 is 2.32 bits per heavy atom. The number of aryl methyl sites for hydroxylation is 1. The molecule has 1 fully saturated rings. The van der Waals surface area contributed by atoms with Gasteiger partial charge in [0.2, 0.25) is 5.91 Å². The van der Waals surface area contributed by atoms with Gasteiger partial charge in [0, 0.05) is 15.8 Å². The van der Waals surface area contributed by atoms with Gasteiger partial charge in [-0.2, -0.15) is 0 Å². The number of carbonyl (C=O) groups is 1. The zero-order valence-corrected chi connectivity index (χ0v) is 11.8. The summed E-state index contributed by atoms with van der Waals surface area (Å²) < 4.78 is 25.3. The first-order valence-electron chi connectivity index (χ1n) is 6.38. The van der Waals surface area contributed by atoms with E-state index in [4.69, 9.17) is 0 Å². The maximum absolute atomic E-state index is 12.1. The van der Waals surface area contributed by atoms with Gasteiger partial charge in [-0.1, -0.05) is 22.0 Å². The highest BCUT2D eigenvalue weighted by atomic mass is 79.9. The highest BCUT2D eigenvalue weighted by Gasteiger charge is 2.61. The van der Waals surface area contributed by atoms with Gasteiger partial charge in [0.15, 0.2) is 0 Å². The maximum Gasteiger partial charge on any atom is 0.255 e. The Kier molecular flexibility index (Phi) is 3.12. The third-order valence-corrected chi connectivity index (χ3v) is 4.76. The van der Waals surface area contributed by atoms with Crippen molar-refractivity contribution in [1.82, 2.24) is 5.32 Å². The van der Waals surface area contributed by atoms with Crippen LogP contribution in [0, 0.1) is 5.92 Å². The number of halogens is 3. The molecule has 3 rings (SSSR count). The molecular formula is C14H14BrF2NO. The summed E-state index contributed by atoms with van der Waals surface area (Å²) in [5.41, 5.74) is 2.42. The van der Waals surface area contributed by atoms with Crippen LogP contribution in [-0.2, 0) is 16.6 Å². The first-order valence-corrected chi connectivity index (χ1v) is 7.17. The van der Waals surface area contributed by atoms with E-state index in [1.807, 2.05) is 6.07 Å². The van der Waals surface area contributed by atoms with Gasteiger partial charge < -0.3 is 5.32 Å². The summed E-state index contributed by atoms with van der Waals surface area (Å²) in [7, 11) is 0. The molecule has 0 bridgehead atoms. The smallest absolute Gasteiger partial charge is 0.255 e. The molecule has 1 aromatic rings. The van der Waals surface area contributed by atoms with Crippen molar-refractivity contribution in [2.75, 3.05) is 6.54 Å². The lowest BCUT2D eigenvalue weighted by Crippen LogP contribution is -2.31. The number of amides is 1. The first-order chi connectivity index (χ1) is 9.03. The fourth-order valence-corrected chi connectivity index (χ4v) is 3.68. The molecule has 0 aliphatic heterocycles. The molecule has 1 spiro atoms. The van der Waals surface area contributed by atoms with Crippen molar-refractivity contribution in [1.29, 1.82) is 0 Å². The Labute approximate surface area is 118 Å². The highest BCUT2D eigenvalue weighted by Crippen LogP contribution is 2.61. The molecule has 1 aromatic carbocycles. The molecule has 1 saturated carbocycles. The Morgan fingerprint density at radius 3 is 3.05 bits per heavy atom. The second-order valence-corrected chi connectivity index (χ2v) is 6.27. The fourth-order valence-electron chi connectivity index (χ4n) is 3.27. The van der Waals surface area contributed by atoms with Crippen LogP contribution in [0.4, 0.5) is 8.78 Å². The van der Waals surface area contributed by atoms with Gasteiger partial charge in [-0.3, -0.25) is 4.79 Å². The lowest BCUT2D eigenvalue weighted by Gasteiger charge is -2.12. The van der Waals surface area contributed by atoms with E-state index in [2.05, 4.69) is 33.4 Å². The van der Waals surface area contributed by atoms with E-state index in [1.54, 1.807) is 0 Å². The summed E-state index contributed by atoms with van der Waals surface area (Å²) in [6.45, 7) is -0.543. The summed E-state index contributed by atoms with van der Waals surface area (Å²) in [5, 5.41) is 2.34. The molecule has 2 atom stereocenters. The Bertz CT molecular complexity index is 534. The quantitative estimate of drug-likeness (QED) is 0.907. The van der Waals surface area contributed by atoms with Crippen LogP contribution in [0.25, 0.3) is 0 Å². The summed E-state index contributed by atoms with van der Waals surface area (Å²) in [6.07, 6.45) is 0.223. The molecule has 102 valence electrons. The van der Waals surface area contributed by atoms with E-state index >= 15 is 0 Å². The van der Waals surface area contributed by atoms with Crippen LogP contribution in [0.5, 0.6) is 0 Å². The number of hydrogen-bond acceptors (Lipinski definition) is 1. The van der Waals surface area contributed by atoms with Crippen molar-refractivity contribution in [3.63, 3.8) is 0 Å². The van der Waals surface area contributed by atoms with Gasteiger partial charge in [0.1, 0.15) is 0 Å². The van der Waals surface area contributed by atoms with E-state index < -0.39 is 13.0 Å². The van der Waals surface area contributed by atoms with Gasteiger partial charge in [0.25, 0.3) is 6.43 Å². The highest BCUT2D eigenvalue weighted by molar-refractivity contribution is 9.10. The van der Waals surface area contributed by atoms with Crippen LogP contribution in [0.3, 0.4) is 0 Å². The monoisotopic (exact) mass is 329 g/mol. The van der Waals surface area contributed by atoms with Crippen LogP contribution < -0.4 is 5.32 Å². The zero-order valence-electron chi connectivity index (χ0n) is 10.3. The van der Waals surface area contributed by atoms with Gasteiger partial charge in [0.05, 0.1) is 6.54 Å². The average Bonchev–Trinajstić information content (AvgIpc) is 2.98. The van der Waals surface area contributed by atoms with Gasteiger partial charge in [-0.25, -0.2) is 8.78 Å². The molecule has 19 heavy (non-hydrogen) atoms. The first kappa shape index (κ1) is 13.0. The largest absolute Gasteiger partial charge is 0.350 e. The Balaban J connectivity index is 1.74. The molecule has 2 aliphatic carbocycles. The minimum atomic E-state index is -2.48. The molecule has 2 nitrogen and oxygen atoms in total. The predicted octanol–water partition coefficient (Wildman–Crippen LogP) is 3.03. The molecule has 1 amide bonds. The molecule has 2 aliphatic rings. The third kappa shape index (κ3) is 2.18. The van der Waals surface area contributed by atoms with Crippen LogP contribution >= 0.6 is 15.9 Å². The minimum Gasteiger partial charge on any atom is -0.350 e. The standard InChI is InChI=1S/C14H14BrF2NO/c15-9-1-2-10-8(5-9)3-4-14(10)6-11(14)13(19)18-7-12(16)17/h1-2,5,11-12H,3-4,6-7H2,(H,18,19)/t11-,14-/m1/s1. The minimum absolute atomic E-state index is 0.0811. The van der Waals surface area contributed by atoms with E-state index in [0.717, 1.165) is 23.7 Å². The number of benzene rings is 1. The molecule has 0 radical (unpaired) electrons. The SMILES string of the molecule is O=C(NCC(F)F)[C@H]1C[C@@]12CCc1cc(Br)ccc12. The molecule has 5 heteroatoms. The van der Waals surface area contributed by atoms with Crippen molar-refractivity contribution in [2.45, 2.75) is 31.1 Å². The van der Waals surface area contributed by atoms with Crippen molar-refractivity contribution in [3.8, 4) is 0 Å². The van der Waals surface area contributed by atoms with E-state index in [9.17, 15) is 13.6 Å². The summed E-state index contributed by atoms with van der Waals surface area (Å²) in [5.74, 6) is -0.357. The van der Waals surface area contributed by atoms with Gasteiger partial charge in [-0.05, 0) is 42.5 Å². The van der Waals surface area contributed by atoms with E-state index in [1.165, 1.54) is 11.1 Å². The summed E-state index contributed by atoms with van der Waals surface area (Å²) >= 11 is 3.45. The average molecular weight is 330 g/mol. The van der Waals surface area contributed by atoms with Gasteiger partial charge in [-0.15, -0.1) is 0 Å². The molecule has 0 saturated heterocycles. The van der Waals surface area contributed by atoms with Crippen molar-refractivity contribution in [3.05, 3.63) is 33.8 Å². The molecule has 0 unspecified atom stereocenters. The van der Waals surface area contributed by atoms with E-state index in [-0.39, 0.29) is 17.2 Å². The lowest BCUT2D eigenvalue weighted by atomic mass is 9.95. The van der Waals surface area contributed by atoms with E-state index in [0.29, 0.717) is 0 Å². The number of nitrogens with one attached hydrogen (secondary N) is 1. The molecular weight excluding hydrogens is 316 g/mol. The number of hydrogen-bond donors (Lipinski definition) is 1. The Hall–Kier alpha value is -0.970. The molecule has 0 aromatic heterocycles. The summed E-state index contributed by atoms with van der Waals surface area (Å²) in [6, 6.07) is 6.14. The molecule has 0 heterocycles. The fraction of sp³-hybridized carbons (Fsp3) is 0.500. The zero-order chi connectivity index (χ0) is 13.6. The van der Waals surface area contributed by atoms with Crippen molar-refractivity contribution >= 4 is 21.8 Å². The lowest BCUT2D eigenvalue weighted by molar-refractivity contribution is -0.123. The normalized spacial score (nSPS) is 27.7. The van der Waals surface area contributed by atoms with Crippen molar-refractivity contribution < 1.29 is 13.6 Å². The summed E-state index contributed by atoms with van der Waals surface area (Å²) in [4.78, 5) is 11.9. The maximum atomic E-state index is 12.1. The van der Waals surface area contributed by atoms with Gasteiger partial charge >= 0.3 is 0 Å². The third-order valence-electron chi connectivity index (χ3n) is 4.27. The number of fused-ring (bicyclic) bond motifs is 2. The van der Waals surface area contributed by atoms with Crippen LogP contribution in [0.15, 0.2) is 22.7 Å². The van der Waals surface area contributed by atoms with Crippen molar-refractivity contribution in [2.24, 2.45) is 5.92 Å². The van der Waals surface area contributed by atoms with Crippen LogP contribution in [0.2, 0.25) is 0 Å². The van der Waals surface area contributed by atoms with Crippen LogP contribution in [-0.4, -0.2) is 18.9 Å². The second kappa shape index (κ2) is 4.54. The number of rotatable bonds is 3. The Morgan fingerprint density at radius 1 is 1.53 bits per heavy atom. The second-order valence-electron chi connectivity index (χ2n) is 5.35. The number of alkyl halides is 2. The van der Waals surface area contributed by atoms with Crippen LogP contribution in [0.1, 0.15) is 24.0 Å². The number of carbonyl (C=O) groups excluding carboxylic acids is 1. The predicted molar refractivity (Wildman–Crippen MR) is 71.3 cm³/mol.